The number of nitrogens with one attached hydrogen (secondary N) is 1. The molecule has 0 fully saturated rings. The van der Waals surface area contributed by atoms with Crippen LogP contribution in [0.3, 0.4) is 0 Å². The minimum Gasteiger partial charge on any atom is -0.372 e. The first kappa shape index (κ1) is 15.0. The third kappa shape index (κ3) is 3.70. The molecule has 0 aliphatic rings. The molecule has 0 heterocycles. The van der Waals surface area contributed by atoms with Crippen LogP contribution < -0.4 is 10.2 Å². The molecule has 0 aliphatic carbocycles. The zero-order valence-corrected chi connectivity index (χ0v) is 12.1. The molecule has 0 saturated carbocycles. The van der Waals surface area contributed by atoms with Crippen LogP contribution in [0.1, 0.15) is 38.8 Å². The Morgan fingerprint density at radius 1 is 1.33 bits per heavy atom. The van der Waals surface area contributed by atoms with Crippen molar-refractivity contribution < 1.29 is 4.39 Å². The molecule has 0 aliphatic heterocycles. The zero-order chi connectivity index (χ0) is 13.7. The van der Waals surface area contributed by atoms with Crippen molar-refractivity contribution >= 4 is 5.69 Å². The number of benzene rings is 1. The monoisotopic (exact) mass is 252 g/mol. The second-order valence-electron chi connectivity index (χ2n) is 5.12. The van der Waals surface area contributed by atoms with E-state index in [1.165, 1.54) is 0 Å². The molecule has 1 aromatic carbocycles. The van der Waals surface area contributed by atoms with Gasteiger partial charge in [-0.1, -0.05) is 26.3 Å². The van der Waals surface area contributed by atoms with Crippen molar-refractivity contribution in [3.05, 3.63) is 29.6 Å². The third-order valence-electron chi connectivity index (χ3n) is 3.60. The van der Waals surface area contributed by atoms with Crippen LogP contribution in [0.25, 0.3) is 0 Å². The lowest BCUT2D eigenvalue weighted by Gasteiger charge is -2.24. The maximum absolute atomic E-state index is 14.1. The van der Waals surface area contributed by atoms with E-state index in [1.807, 2.05) is 38.1 Å². The van der Waals surface area contributed by atoms with Crippen molar-refractivity contribution in [2.75, 3.05) is 25.5 Å². The first-order valence-electron chi connectivity index (χ1n) is 6.67. The van der Waals surface area contributed by atoms with Crippen LogP contribution >= 0.6 is 0 Å². The molecule has 2 nitrogen and oxygen atoms in total. The highest BCUT2D eigenvalue weighted by Gasteiger charge is 2.12. The number of hydrogen-bond acceptors (Lipinski definition) is 2. The van der Waals surface area contributed by atoms with Crippen LogP contribution in [-0.4, -0.2) is 20.6 Å². The lowest BCUT2D eigenvalue weighted by atomic mass is 10.1. The van der Waals surface area contributed by atoms with E-state index in [-0.39, 0.29) is 11.9 Å². The Balaban J connectivity index is 2.84. The molecule has 1 N–H and O–H groups in total. The Bertz CT molecular complexity index is 379. The number of halogens is 1. The summed E-state index contributed by atoms with van der Waals surface area (Å²) in [6.07, 6.45) is 1.11. The summed E-state index contributed by atoms with van der Waals surface area (Å²) in [5.41, 5.74) is 1.66. The smallest absolute Gasteiger partial charge is 0.146 e. The van der Waals surface area contributed by atoms with Gasteiger partial charge in [-0.3, -0.25) is 0 Å². The van der Waals surface area contributed by atoms with E-state index in [9.17, 15) is 4.39 Å². The van der Waals surface area contributed by atoms with Gasteiger partial charge in [-0.15, -0.1) is 0 Å². The highest BCUT2D eigenvalue weighted by Crippen LogP contribution is 2.23. The van der Waals surface area contributed by atoms with Gasteiger partial charge >= 0.3 is 0 Å². The Hall–Kier alpha value is -1.09. The quantitative estimate of drug-likeness (QED) is 0.832. The minimum atomic E-state index is -0.139. The van der Waals surface area contributed by atoms with Crippen molar-refractivity contribution in [2.24, 2.45) is 5.92 Å². The lowest BCUT2D eigenvalue weighted by molar-refractivity contribution is 0.548. The van der Waals surface area contributed by atoms with Crippen LogP contribution in [0.5, 0.6) is 0 Å². The Morgan fingerprint density at radius 2 is 2.00 bits per heavy atom. The van der Waals surface area contributed by atoms with Crippen LogP contribution in [0, 0.1) is 11.7 Å². The fraction of sp³-hybridized carbons (Fsp3) is 0.600. The molecule has 3 heteroatoms. The summed E-state index contributed by atoms with van der Waals surface area (Å²) >= 11 is 0. The molecule has 0 aromatic heterocycles. The fourth-order valence-corrected chi connectivity index (χ4v) is 1.96. The molecule has 0 spiro atoms. The molecular weight excluding hydrogens is 227 g/mol. The second-order valence-corrected chi connectivity index (χ2v) is 5.12. The maximum Gasteiger partial charge on any atom is 0.146 e. The van der Waals surface area contributed by atoms with Gasteiger partial charge in [0.15, 0.2) is 0 Å². The molecule has 1 rings (SSSR count). The van der Waals surface area contributed by atoms with Gasteiger partial charge in [0.2, 0.25) is 0 Å². The number of anilines is 1. The molecule has 18 heavy (non-hydrogen) atoms. The Labute approximate surface area is 110 Å². The summed E-state index contributed by atoms with van der Waals surface area (Å²) in [5, 5.41) is 3.12. The normalized spacial score (nSPS) is 14.3. The van der Waals surface area contributed by atoms with Crippen molar-refractivity contribution in [2.45, 2.75) is 33.2 Å². The van der Waals surface area contributed by atoms with E-state index in [0.717, 1.165) is 18.5 Å². The SMILES string of the molecule is CCC(C)CN(C)c1ccc(C(C)NC)cc1F. The van der Waals surface area contributed by atoms with Crippen molar-refractivity contribution in [1.82, 2.24) is 5.32 Å². The van der Waals surface area contributed by atoms with Gasteiger partial charge in [0, 0.05) is 19.6 Å². The van der Waals surface area contributed by atoms with Crippen molar-refractivity contribution in [3.8, 4) is 0 Å². The molecule has 1 aromatic rings. The van der Waals surface area contributed by atoms with Gasteiger partial charge in [0.25, 0.3) is 0 Å². The first-order chi connectivity index (χ1) is 8.49. The van der Waals surface area contributed by atoms with Crippen LogP contribution in [0.15, 0.2) is 18.2 Å². The fourth-order valence-electron chi connectivity index (χ4n) is 1.96. The topological polar surface area (TPSA) is 15.3 Å². The van der Waals surface area contributed by atoms with Gasteiger partial charge in [0.05, 0.1) is 5.69 Å². The lowest BCUT2D eigenvalue weighted by Crippen LogP contribution is -2.24. The van der Waals surface area contributed by atoms with Crippen LogP contribution in [0.4, 0.5) is 10.1 Å². The zero-order valence-electron chi connectivity index (χ0n) is 12.1. The average Bonchev–Trinajstić information content (AvgIpc) is 2.37. The average molecular weight is 252 g/mol. The van der Waals surface area contributed by atoms with E-state index in [1.54, 1.807) is 6.07 Å². The summed E-state index contributed by atoms with van der Waals surface area (Å²) in [5.74, 6) is 0.436. The molecular formula is C15H25FN2. The Kier molecular flexibility index (Phi) is 5.60. The highest BCUT2D eigenvalue weighted by molar-refractivity contribution is 5.49. The molecule has 0 radical (unpaired) electrons. The maximum atomic E-state index is 14.1. The summed E-state index contributed by atoms with van der Waals surface area (Å²) in [4.78, 5) is 2.00. The largest absolute Gasteiger partial charge is 0.372 e. The molecule has 102 valence electrons. The van der Waals surface area contributed by atoms with Crippen molar-refractivity contribution in [3.63, 3.8) is 0 Å². The van der Waals surface area contributed by atoms with Crippen LogP contribution in [-0.2, 0) is 0 Å². The van der Waals surface area contributed by atoms with Gasteiger partial charge in [-0.05, 0) is 37.6 Å². The number of rotatable bonds is 6. The number of nitrogens with zero attached hydrogens (tertiary/aromatic N) is 1. The van der Waals surface area contributed by atoms with Gasteiger partial charge in [0.1, 0.15) is 5.82 Å². The molecule has 0 saturated heterocycles. The van der Waals surface area contributed by atoms with E-state index in [4.69, 9.17) is 0 Å². The highest BCUT2D eigenvalue weighted by atomic mass is 19.1. The number of hydrogen-bond donors (Lipinski definition) is 1. The van der Waals surface area contributed by atoms with Crippen LogP contribution in [0.2, 0.25) is 0 Å². The third-order valence-corrected chi connectivity index (χ3v) is 3.60. The first-order valence-corrected chi connectivity index (χ1v) is 6.67. The molecule has 0 amide bonds. The van der Waals surface area contributed by atoms with E-state index in [0.29, 0.717) is 11.6 Å². The second kappa shape index (κ2) is 6.74. The summed E-state index contributed by atoms with van der Waals surface area (Å²) < 4.78 is 14.1. The van der Waals surface area contributed by atoms with E-state index < -0.39 is 0 Å². The van der Waals surface area contributed by atoms with E-state index >= 15 is 0 Å². The predicted octanol–water partition coefficient (Wildman–Crippen LogP) is 3.59. The molecule has 2 atom stereocenters. The van der Waals surface area contributed by atoms with Crippen molar-refractivity contribution in [1.29, 1.82) is 0 Å². The summed E-state index contributed by atoms with van der Waals surface area (Å²) in [7, 11) is 3.83. The predicted molar refractivity (Wildman–Crippen MR) is 76.6 cm³/mol. The van der Waals surface area contributed by atoms with Gasteiger partial charge < -0.3 is 10.2 Å². The standard InChI is InChI=1S/C15H25FN2/c1-6-11(2)10-18(5)15-8-7-13(9-14(15)16)12(3)17-4/h7-9,11-12,17H,6,10H2,1-5H3. The van der Waals surface area contributed by atoms with E-state index in [2.05, 4.69) is 19.2 Å². The summed E-state index contributed by atoms with van der Waals surface area (Å²) in [6, 6.07) is 5.67. The van der Waals surface area contributed by atoms with Gasteiger partial charge in [-0.2, -0.15) is 0 Å². The minimum absolute atomic E-state index is 0.139. The molecule has 2 unspecified atom stereocenters. The molecule has 0 bridgehead atoms. The summed E-state index contributed by atoms with van der Waals surface area (Å²) in [6.45, 7) is 7.25. The van der Waals surface area contributed by atoms with Gasteiger partial charge in [-0.25, -0.2) is 4.39 Å². The Morgan fingerprint density at radius 3 is 2.50 bits per heavy atom.